The topological polar surface area (TPSA) is 69.1 Å². The summed E-state index contributed by atoms with van der Waals surface area (Å²) in [5.41, 5.74) is 13.5. The molecule has 3 nitrogen and oxygen atoms in total. The number of ketones is 1. The summed E-state index contributed by atoms with van der Waals surface area (Å²) in [5, 5.41) is 0. The third-order valence-corrected chi connectivity index (χ3v) is 3.56. The van der Waals surface area contributed by atoms with Crippen LogP contribution in [0.25, 0.3) is 0 Å². The third kappa shape index (κ3) is 3.13. The number of nitrogens with two attached hydrogens (primary N) is 2. The Balaban J connectivity index is 2.28. The van der Waals surface area contributed by atoms with Crippen molar-refractivity contribution in [3.8, 4) is 0 Å². The normalized spacial score (nSPS) is 13.7. The second kappa shape index (κ2) is 6.98. The lowest BCUT2D eigenvalue weighted by molar-refractivity contribution is -0.121. The first-order chi connectivity index (χ1) is 9.77. The molecule has 0 amide bonds. The van der Waals surface area contributed by atoms with Crippen LogP contribution in [0.5, 0.6) is 0 Å². The quantitative estimate of drug-likeness (QED) is 0.842. The predicted molar refractivity (Wildman–Crippen MR) is 81.5 cm³/mol. The minimum Gasteiger partial charge on any atom is -0.329 e. The van der Waals surface area contributed by atoms with E-state index in [0.29, 0.717) is 13.1 Å². The second-order valence-electron chi connectivity index (χ2n) is 4.80. The van der Waals surface area contributed by atoms with Gasteiger partial charge in [0.2, 0.25) is 0 Å². The molecule has 0 bridgehead atoms. The van der Waals surface area contributed by atoms with E-state index in [1.54, 1.807) is 0 Å². The van der Waals surface area contributed by atoms with Crippen LogP contribution >= 0.6 is 0 Å². The summed E-state index contributed by atoms with van der Waals surface area (Å²) in [4.78, 5) is 12.7. The number of carbonyl (C=O) groups is 1. The van der Waals surface area contributed by atoms with E-state index in [4.69, 9.17) is 11.5 Å². The highest BCUT2D eigenvalue weighted by Gasteiger charge is 2.27. The van der Waals surface area contributed by atoms with E-state index in [1.165, 1.54) is 0 Å². The summed E-state index contributed by atoms with van der Waals surface area (Å²) >= 11 is 0. The van der Waals surface area contributed by atoms with Crippen molar-refractivity contribution < 1.29 is 4.79 Å². The first kappa shape index (κ1) is 14.4. The summed E-state index contributed by atoms with van der Waals surface area (Å²) in [6.07, 6.45) is 0. The highest BCUT2D eigenvalue weighted by molar-refractivity contribution is 5.92. The molecule has 2 unspecified atom stereocenters. The van der Waals surface area contributed by atoms with Gasteiger partial charge < -0.3 is 11.5 Å². The van der Waals surface area contributed by atoms with Gasteiger partial charge in [0.1, 0.15) is 5.78 Å². The number of carbonyl (C=O) groups excluding carboxylic acids is 1. The second-order valence-corrected chi connectivity index (χ2v) is 4.80. The van der Waals surface area contributed by atoms with Gasteiger partial charge in [0.25, 0.3) is 0 Å². The average Bonchev–Trinajstić information content (AvgIpc) is 2.51. The molecule has 0 heterocycles. The summed E-state index contributed by atoms with van der Waals surface area (Å²) in [7, 11) is 0. The van der Waals surface area contributed by atoms with Crippen LogP contribution in [0.3, 0.4) is 0 Å². The summed E-state index contributed by atoms with van der Waals surface area (Å²) in [6, 6.07) is 19.3. The van der Waals surface area contributed by atoms with Crippen LogP contribution < -0.4 is 11.5 Å². The fourth-order valence-electron chi connectivity index (χ4n) is 2.45. The molecule has 0 aliphatic heterocycles. The highest BCUT2D eigenvalue weighted by atomic mass is 16.1. The molecule has 2 rings (SSSR count). The number of benzene rings is 2. The molecule has 2 aromatic rings. The van der Waals surface area contributed by atoms with Gasteiger partial charge in [-0.15, -0.1) is 0 Å². The van der Waals surface area contributed by atoms with Crippen LogP contribution in [0.1, 0.15) is 23.0 Å². The van der Waals surface area contributed by atoms with E-state index in [0.717, 1.165) is 11.1 Å². The van der Waals surface area contributed by atoms with E-state index in [-0.39, 0.29) is 17.6 Å². The lowest BCUT2D eigenvalue weighted by atomic mass is 9.84. The first-order valence-electron chi connectivity index (χ1n) is 6.81. The Bertz CT molecular complexity index is 490. The van der Waals surface area contributed by atoms with Gasteiger partial charge in [-0.2, -0.15) is 0 Å². The lowest BCUT2D eigenvalue weighted by Crippen LogP contribution is -2.30. The molecule has 104 valence electrons. The maximum Gasteiger partial charge on any atom is 0.150 e. The molecule has 0 saturated heterocycles. The summed E-state index contributed by atoms with van der Waals surface area (Å²) in [6.45, 7) is 0.596. The van der Waals surface area contributed by atoms with Crippen LogP contribution in [-0.4, -0.2) is 18.9 Å². The number of hydrogen-bond donors (Lipinski definition) is 2. The average molecular weight is 268 g/mol. The zero-order valence-corrected chi connectivity index (χ0v) is 11.4. The van der Waals surface area contributed by atoms with Crippen LogP contribution in [0, 0.1) is 0 Å². The van der Waals surface area contributed by atoms with Gasteiger partial charge in [-0.1, -0.05) is 60.7 Å². The first-order valence-corrected chi connectivity index (χ1v) is 6.81. The van der Waals surface area contributed by atoms with E-state index < -0.39 is 0 Å². The molecule has 3 heteroatoms. The molecule has 4 N–H and O–H groups in total. The lowest BCUT2D eigenvalue weighted by Gasteiger charge is -2.21. The molecule has 2 aromatic carbocycles. The molecule has 0 spiro atoms. The molecule has 2 atom stereocenters. The highest BCUT2D eigenvalue weighted by Crippen LogP contribution is 2.25. The molecule has 0 aromatic heterocycles. The maximum absolute atomic E-state index is 12.7. The fourth-order valence-corrected chi connectivity index (χ4v) is 2.45. The molecule has 20 heavy (non-hydrogen) atoms. The van der Waals surface area contributed by atoms with Crippen molar-refractivity contribution in [3.05, 3.63) is 71.8 Å². The third-order valence-electron chi connectivity index (χ3n) is 3.56. The Morgan fingerprint density at radius 1 is 0.750 bits per heavy atom. The minimum atomic E-state index is -0.301. The SMILES string of the molecule is NCC(C(=O)C(CN)c1ccccc1)c1ccccc1. The van der Waals surface area contributed by atoms with Crippen molar-refractivity contribution in [2.45, 2.75) is 11.8 Å². The fraction of sp³-hybridized carbons (Fsp3) is 0.235. The maximum atomic E-state index is 12.7. The van der Waals surface area contributed by atoms with E-state index in [9.17, 15) is 4.79 Å². The molecule has 0 radical (unpaired) electrons. The molecule has 0 aliphatic rings. The molecule has 0 fully saturated rings. The zero-order valence-electron chi connectivity index (χ0n) is 11.4. The number of Topliss-reactive ketones (excluding diaryl/α,β-unsaturated/α-hetero) is 1. The largest absolute Gasteiger partial charge is 0.329 e. The Hall–Kier alpha value is -1.97. The molecular formula is C17H20N2O. The number of hydrogen-bond acceptors (Lipinski definition) is 3. The monoisotopic (exact) mass is 268 g/mol. The number of rotatable bonds is 6. The molecular weight excluding hydrogens is 248 g/mol. The van der Waals surface area contributed by atoms with Gasteiger partial charge in [0, 0.05) is 13.1 Å². The van der Waals surface area contributed by atoms with Gasteiger partial charge in [-0.05, 0) is 11.1 Å². The van der Waals surface area contributed by atoms with E-state index >= 15 is 0 Å². The Kier molecular flexibility index (Phi) is 5.04. The van der Waals surface area contributed by atoms with Crippen LogP contribution in [-0.2, 0) is 4.79 Å². The van der Waals surface area contributed by atoms with Crippen molar-refractivity contribution in [3.63, 3.8) is 0 Å². The van der Waals surface area contributed by atoms with Crippen molar-refractivity contribution in [2.75, 3.05) is 13.1 Å². The van der Waals surface area contributed by atoms with Crippen LogP contribution in [0.15, 0.2) is 60.7 Å². The van der Waals surface area contributed by atoms with Crippen molar-refractivity contribution >= 4 is 5.78 Å². The van der Waals surface area contributed by atoms with Crippen LogP contribution in [0.2, 0.25) is 0 Å². The van der Waals surface area contributed by atoms with Crippen LogP contribution in [0.4, 0.5) is 0 Å². The summed E-state index contributed by atoms with van der Waals surface area (Å²) < 4.78 is 0. The summed E-state index contributed by atoms with van der Waals surface area (Å²) in [5.74, 6) is -0.512. The molecule has 0 aliphatic carbocycles. The van der Waals surface area contributed by atoms with Crippen molar-refractivity contribution in [1.29, 1.82) is 0 Å². The van der Waals surface area contributed by atoms with Crippen molar-refractivity contribution in [1.82, 2.24) is 0 Å². The zero-order chi connectivity index (χ0) is 14.4. The van der Waals surface area contributed by atoms with Gasteiger partial charge in [-0.25, -0.2) is 0 Å². The minimum absolute atomic E-state index is 0.0902. The van der Waals surface area contributed by atoms with Gasteiger partial charge in [0.05, 0.1) is 11.8 Å². The van der Waals surface area contributed by atoms with E-state index in [1.807, 2.05) is 60.7 Å². The molecule has 0 saturated carbocycles. The Morgan fingerprint density at radius 3 is 1.40 bits per heavy atom. The predicted octanol–water partition coefficient (Wildman–Crippen LogP) is 2.04. The van der Waals surface area contributed by atoms with Gasteiger partial charge in [0.15, 0.2) is 0 Å². The van der Waals surface area contributed by atoms with E-state index in [2.05, 4.69) is 0 Å². The van der Waals surface area contributed by atoms with Gasteiger partial charge in [-0.3, -0.25) is 4.79 Å². The Morgan fingerprint density at radius 2 is 1.10 bits per heavy atom. The Labute approximate surface area is 119 Å². The van der Waals surface area contributed by atoms with Crippen molar-refractivity contribution in [2.24, 2.45) is 11.5 Å². The standard InChI is InChI=1S/C17H20N2O/c18-11-15(13-7-3-1-4-8-13)17(20)16(12-19)14-9-5-2-6-10-14/h1-10,15-16H,11-12,18-19H2. The smallest absolute Gasteiger partial charge is 0.150 e. The van der Waals surface area contributed by atoms with Gasteiger partial charge >= 0.3 is 0 Å².